The highest BCUT2D eigenvalue weighted by atomic mass is 32.2. The monoisotopic (exact) mass is 636 g/mol. The van der Waals surface area contributed by atoms with Gasteiger partial charge in [-0.15, -0.1) is 0 Å². The van der Waals surface area contributed by atoms with Gasteiger partial charge in [-0.25, -0.2) is 0 Å². The second kappa shape index (κ2) is 12.7. The number of hydrogen-bond donors (Lipinski definition) is 2. The lowest BCUT2D eigenvalue weighted by atomic mass is 9.73. The summed E-state index contributed by atoms with van der Waals surface area (Å²) in [6.07, 6.45) is -0.625. The van der Waals surface area contributed by atoms with E-state index in [1.54, 1.807) is 42.7 Å². The summed E-state index contributed by atoms with van der Waals surface area (Å²) in [5.41, 5.74) is 4.43. The summed E-state index contributed by atoms with van der Waals surface area (Å²) >= 11 is 0. The molecule has 0 saturated carbocycles. The van der Waals surface area contributed by atoms with Gasteiger partial charge in [0.25, 0.3) is 0 Å². The molecule has 3 aromatic carbocycles. The molecule has 2 saturated heterocycles. The predicted octanol–water partition coefficient (Wildman–Crippen LogP) is 6.77. The molecule has 2 N–H and O–H groups in total. The largest absolute Gasteiger partial charge is 0.495 e. The normalized spacial score (nSPS) is 16.5. The molecule has 2 aliphatic rings. The van der Waals surface area contributed by atoms with E-state index in [0.29, 0.717) is 38.3 Å². The molecule has 6 rings (SSSR count). The fourth-order valence-electron chi connectivity index (χ4n) is 6.09. The van der Waals surface area contributed by atoms with E-state index in [9.17, 15) is 17.4 Å². The number of ether oxygens (including phenoxy) is 2. The van der Waals surface area contributed by atoms with Crippen LogP contribution in [-0.4, -0.2) is 61.2 Å². The van der Waals surface area contributed by atoms with Crippen LogP contribution < -0.4 is 20.3 Å². The van der Waals surface area contributed by atoms with Crippen LogP contribution in [0, 0.1) is 17.3 Å². The molecule has 3 heterocycles. The second-order valence-corrected chi connectivity index (χ2v) is 13.0. The van der Waals surface area contributed by atoms with Gasteiger partial charge in [-0.1, -0.05) is 12.0 Å². The Morgan fingerprint density at radius 1 is 1.02 bits per heavy atom. The average Bonchev–Trinajstić information content (AvgIpc) is 3.35. The second-order valence-electron chi connectivity index (χ2n) is 11.6. The van der Waals surface area contributed by atoms with Crippen molar-refractivity contribution >= 4 is 44.5 Å². The van der Waals surface area contributed by atoms with Crippen LogP contribution in [0.4, 0.5) is 35.9 Å². The van der Waals surface area contributed by atoms with Crippen LogP contribution in [0.15, 0.2) is 71.6 Å². The van der Waals surface area contributed by atoms with Crippen molar-refractivity contribution in [3.8, 4) is 17.6 Å². The number of rotatable bonds is 8. The van der Waals surface area contributed by atoms with E-state index in [0.717, 1.165) is 50.5 Å². The van der Waals surface area contributed by atoms with Gasteiger partial charge >= 0.3 is 6.18 Å². The Morgan fingerprint density at radius 2 is 1.78 bits per heavy atom. The number of hydrogen-bond acceptors (Lipinski definition) is 6. The molecule has 4 aromatic rings. The van der Waals surface area contributed by atoms with E-state index in [-0.39, 0.29) is 12.2 Å². The van der Waals surface area contributed by atoms with Gasteiger partial charge in [0, 0.05) is 76.1 Å². The van der Waals surface area contributed by atoms with Crippen molar-refractivity contribution in [2.24, 2.45) is 5.41 Å². The van der Waals surface area contributed by atoms with Gasteiger partial charge < -0.3 is 29.6 Å². The minimum Gasteiger partial charge on any atom is -0.495 e. The molecular formula is C34H35F3N4O3S. The smallest absolute Gasteiger partial charge is 0.406 e. The number of alkyl halides is 3. The first-order valence-electron chi connectivity index (χ1n) is 14.8. The fraction of sp³-hybridized carbons (Fsp3) is 0.353. The maximum atomic E-state index is 13.7. The Bertz CT molecular complexity index is 1760. The SMILES string of the molecule is COc1cc(S(C)=O)ccc1NCC#Cc1cc2c(Nc3ccc(N4CC5(CCOCC5)C4)cc3)cccc2n1CC(F)(F)F. The zero-order chi connectivity index (χ0) is 31.6. The molecule has 1 aromatic heterocycles. The van der Waals surface area contributed by atoms with Gasteiger partial charge in [0.05, 0.1) is 30.6 Å². The van der Waals surface area contributed by atoms with Crippen LogP contribution in [0.1, 0.15) is 18.5 Å². The third-order valence-electron chi connectivity index (χ3n) is 8.49. The molecule has 2 fully saturated rings. The topological polar surface area (TPSA) is 67.8 Å². The van der Waals surface area contributed by atoms with Crippen molar-refractivity contribution in [1.82, 2.24) is 4.57 Å². The van der Waals surface area contributed by atoms with E-state index in [4.69, 9.17) is 9.47 Å². The Kier molecular flexibility index (Phi) is 8.71. The van der Waals surface area contributed by atoms with Gasteiger partial charge in [0.1, 0.15) is 12.3 Å². The van der Waals surface area contributed by atoms with Crippen LogP contribution in [0.2, 0.25) is 0 Å². The van der Waals surface area contributed by atoms with E-state index in [2.05, 4.69) is 39.5 Å². The van der Waals surface area contributed by atoms with Crippen molar-refractivity contribution in [3.05, 3.63) is 72.4 Å². The van der Waals surface area contributed by atoms with Crippen molar-refractivity contribution < 1.29 is 26.9 Å². The van der Waals surface area contributed by atoms with Crippen molar-refractivity contribution in [1.29, 1.82) is 0 Å². The first-order valence-corrected chi connectivity index (χ1v) is 16.3. The van der Waals surface area contributed by atoms with Crippen molar-refractivity contribution in [3.63, 3.8) is 0 Å². The van der Waals surface area contributed by atoms with Crippen LogP contribution in [0.25, 0.3) is 10.9 Å². The number of nitrogens with one attached hydrogen (secondary N) is 2. The summed E-state index contributed by atoms with van der Waals surface area (Å²) in [6, 6.07) is 20.3. The van der Waals surface area contributed by atoms with Crippen molar-refractivity contribution in [2.45, 2.75) is 30.5 Å². The number of halogens is 3. The van der Waals surface area contributed by atoms with Crippen LogP contribution in [0.3, 0.4) is 0 Å². The molecule has 0 radical (unpaired) electrons. The van der Waals surface area contributed by atoms with Crippen LogP contribution in [0.5, 0.6) is 5.75 Å². The fourth-order valence-corrected chi connectivity index (χ4v) is 6.63. The zero-order valence-corrected chi connectivity index (χ0v) is 26.0. The number of benzene rings is 3. The first kappa shape index (κ1) is 30.9. The Morgan fingerprint density at radius 3 is 2.47 bits per heavy atom. The Hall–Kier alpha value is -4.14. The standard InChI is InChI=1S/C34H35F3N4O3S/c1-43-32-20-27(45(2)42)12-13-30(32)38-16-4-5-26-19-28-29(6-3-7-31(28)41(26)23-34(35,36)37)39-24-8-10-25(11-9-24)40-21-33(22-40)14-17-44-18-15-33/h3,6-13,19-20,38-39H,14-18,21-23H2,1-2H3. The van der Waals surface area contributed by atoms with Crippen LogP contribution in [-0.2, 0) is 22.1 Å². The zero-order valence-electron chi connectivity index (χ0n) is 25.2. The van der Waals surface area contributed by atoms with Crippen molar-refractivity contribution in [2.75, 3.05) is 61.7 Å². The molecule has 11 heteroatoms. The summed E-state index contributed by atoms with van der Waals surface area (Å²) in [7, 11) is 0.352. The highest BCUT2D eigenvalue weighted by molar-refractivity contribution is 7.84. The molecular weight excluding hydrogens is 601 g/mol. The van der Waals surface area contributed by atoms with Gasteiger partial charge in [-0.2, -0.15) is 13.2 Å². The highest BCUT2D eigenvalue weighted by Crippen LogP contribution is 2.42. The first-order chi connectivity index (χ1) is 21.6. The number of anilines is 4. The summed E-state index contributed by atoms with van der Waals surface area (Å²) in [5, 5.41) is 7.18. The van der Waals surface area contributed by atoms with Gasteiger partial charge in [-0.3, -0.25) is 4.21 Å². The van der Waals surface area contributed by atoms with E-state index < -0.39 is 23.5 Å². The number of aromatic nitrogens is 1. The minimum atomic E-state index is -4.42. The molecule has 45 heavy (non-hydrogen) atoms. The molecule has 1 unspecified atom stereocenters. The van der Waals surface area contributed by atoms with E-state index in [1.807, 2.05) is 18.2 Å². The molecule has 1 spiro atoms. The quantitative estimate of drug-likeness (QED) is 0.208. The Balaban J connectivity index is 1.20. The van der Waals surface area contributed by atoms with Gasteiger partial charge in [0.15, 0.2) is 0 Å². The molecule has 0 aliphatic carbocycles. The number of methoxy groups -OCH3 is 1. The lowest BCUT2D eigenvalue weighted by Crippen LogP contribution is -2.58. The molecule has 7 nitrogen and oxygen atoms in total. The molecule has 0 bridgehead atoms. The lowest BCUT2D eigenvalue weighted by Gasteiger charge is -2.53. The number of nitrogens with zero attached hydrogens (tertiary/aromatic N) is 2. The minimum absolute atomic E-state index is 0.168. The predicted molar refractivity (Wildman–Crippen MR) is 173 cm³/mol. The maximum absolute atomic E-state index is 13.7. The Labute approximate surface area is 263 Å². The average molecular weight is 637 g/mol. The van der Waals surface area contributed by atoms with Gasteiger partial charge in [-0.05, 0) is 79.4 Å². The lowest BCUT2D eigenvalue weighted by molar-refractivity contribution is -0.140. The summed E-state index contributed by atoms with van der Waals surface area (Å²) < 4.78 is 64.9. The highest BCUT2D eigenvalue weighted by Gasteiger charge is 2.43. The van der Waals surface area contributed by atoms with E-state index >= 15 is 0 Å². The molecule has 236 valence electrons. The van der Waals surface area contributed by atoms with Gasteiger partial charge in [0.2, 0.25) is 0 Å². The summed E-state index contributed by atoms with van der Waals surface area (Å²) in [4.78, 5) is 3.01. The summed E-state index contributed by atoms with van der Waals surface area (Å²) in [6.45, 7) is 2.76. The molecule has 2 aliphatic heterocycles. The number of fused-ring (bicyclic) bond motifs is 1. The molecule has 0 amide bonds. The molecule has 1 atom stereocenters. The third kappa shape index (κ3) is 6.92. The third-order valence-corrected chi connectivity index (χ3v) is 9.41. The summed E-state index contributed by atoms with van der Waals surface area (Å²) in [5.74, 6) is 6.39. The maximum Gasteiger partial charge on any atom is 0.406 e. The van der Waals surface area contributed by atoms with Crippen LogP contribution >= 0.6 is 0 Å². The van der Waals surface area contributed by atoms with E-state index in [1.165, 1.54) is 11.7 Å².